The number of carbonyl (C=O) groups excluding carboxylic acids is 3. The second-order valence-corrected chi connectivity index (χ2v) is 8.03. The van der Waals surface area contributed by atoms with E-state index in [0.29, 0.717) is 24.9 Å². The van der Waals surface area contributed by atoms with Gasteiger partial charge in [-0.2, -0.15) is 0 Å². The van der Waals surface area contributed by atoms with Crippen molar-refractivity contribution < 1.29 is 19.1 Å². The highest BCUT2D eigenvalue weighted by Crippen LogP contribution is 2.20. The third-order valence-electron chi connectivity index (χ3n) is 3.59. The lowest BCUT2D eigenvalue weighted by molar-refractivity contribution is -0.126. The van der Waals surface area contributed by atoms with Crippen LogP contribution in [0.2, 0.25) is 0 Å². The minimum absolute atomic E-state index is 0.411. The van der Waals surface area contributed by atoms with Crippen molar-refractivity contribution in [2.75, 3.05) is 6.54 Å². The summed E-state index contributed by atoms with van der Waals surface area (Å²) < 4.78 is 6.34. The molecule has 8 heteroatoms. The molecule has 1 aliphatic heterocycles. The highest BCUT2D eigenvalue weighted by atomic mass is 127. The summed E-state index contributed by atoms with van der Waals surface area (Å²) in [5.41, 5.74) is 4.59. The molecule has 3 amide bonds. The normalized spacial score (nSPS) is 17.1. The van der Waals surface area contributed by atoms with Crippen LogP contribution in [0.3, 0.4) is 0 Å². The number of hydrazine groups is 1. The van der Waals surface area contributed by atoms with Crippen molar-refractivity contribution in [1.82, 2.24) is 15.8 Å². The molecule has 0 bridgehead atoms. The van der Waals surface area contributed by atoms with E-state index in [1.165, 1.54) is 4.90 Å². The highest BCUT2D eigenvalue weighted by Gasteiger charge is 2.36. The van der Waals surface area contributed by atoms with Gasteiger partial charge in [0.25, 0.3) is 11.8 Å². The van der Waals surface area contributed by atoms with E-state index in [4.69, 9.17) is 4.74 Å². The Bertz CT molecular complexity index is 655. The third kappa shape index (κ3) is 5.58. The Morgan fingerprint density at radius 2 is 1.80 bits per heavy atom. The molecule has 0 saturated carbocycles. The summed E-state index contributed by atoms with van der Waals surface area (Å²) in [5.74, 6) is -0.839. The number of halogens is 1. The molecule has 2 N–H and O–H groups in total. The number of hydrogen-bond acceptors (Lipinski definition) is 4. The summed E-state index contributed by atoms with van der Waals surface area (Å²) in [6, 6.07) is 6.31. The van der Waals surface area contributed by atoms with Crippen LogP contribution in [0, 0.1) is 3.57 Å². The molecule has 1 atom stereocenters. The zero-order chi connectivity index (χ0) is 18.6. The lowest BCUT2D eigenvalue weighted by atomic mass is 10.2. The molecule has 0 radical (unpaired) electrons. The Balaban J connectivity index is 1.92. The molecule has 1 aromatic carbocycles. The van der Waals surface area contributed by atoms with Crippen LogP contribution >= 0.6 is 22.6 Å². The number of likely N-dealkylation sites (tertiary alicyclic amines) is 1. The number of benzene rings is 1. The molecule has 7 nitrogen and oxygen atoms in total. The van der Waals surface area contributed by atoms with Gasteiger partial charge in [0, 0.05) is 15.7 Å². The number of ether oxygens (including phenoxy) is 1. The smallest absolute Gasteiger partial charge is 0.410 e. The SMILES string of the molecule is CC(C)(C)OC(=O)N1CCC[C@H]1C(=O)NNC(=O)c1ccc(I)cc1. The van der Waals surface area contributed by atoms with Crippen LogP contribution in [0.1, 0.15) is 44.0 Å². The molecular weight excluding hydrogens is 437 g/mol. The second kappa shape index (κ2) is 8.03. The van der Waals surface area contributed by atoms with Crippen molar-refractivity contribution in [3.63, 3.8) is 0 Å². The fraction of sp³-hybridized carbons (Fsp3) is 0.471. The Morgan fingerprint density at radius 1 is 1.16 bits per heavy atom. The van der Waals surface area contributed by atoms with Crippen LogP contribution in [-0.4, -0.2) is 41.0 Å². The van der Waals surface area contributed by atoms with Gasteiger partial charge in [0.1, 0.15) is 11.6 Å². The molecule has 1 fully saturated rings. The summed E-state index contributed by atoms with van der Waals surface area (Å²) in [4.78, 5) is 38.0. The van der Waals surface area contributed by atoms with Gasteiger partial charge in [-0.05, 0) is 80.5 Å². The van der Waals surface area contributed by atoms with E-state index >= 15 is 0 Å². The van der Waals surface area contributed by atoms with Gasteiger partial charge >= 0.3 is 6.09 Å². The first-order chi connectivity index (χ1) is 11.7. The van der Waals surface area contributed by atoms with E-state index in [-0.39, 0.29) is 0 Å². The standard InChI is InChI=1S/C17H22IN3O4/c1-17(2,3)25-16(24)21-10-4-5-13(21)15(23)20-19-14(22)11-6-8-12(18)9-7-11/h6-9,13H,4-5,10H2,1-3H3,(H,19,22)(H,20,23)/t13-/m0/s1. The lowest BCUT2D eigenvalue weighted by Gasteiger charge is -2.28. The Morgan fingerprint density at radius 3 is 2.40 bits per heavy atom. The molecule has 136 valence electrons. The number of hydrogen-bond donors (Lipinski definition) is 2. The Kier molecular flexibility index (Phi) is 6.26. The first kappa shape index (κ1) is 19.5. The third-order valence-corrected chi connectivity index (χ3v) is 4.31. The van der Waals surface area contributed by atoms with Crippen LogP contribution in [0.4, 0.5) is 4.79 Å². The first-order valence-corrected chi connectivity index (χ1v) is 9.10. The second-order valence-electron chi connectivity index (χ2n) is 6.78. The largest absolute Gasteiger partial charge is 0.444 e. The van der Waals surface area contributed by atoms with Gasteiger partial charge in [-0.15, -0.1) is 0 Å². The Hall–Kier alpha value is -1.84. The summed E-state index contributed by atoms with van der Waals surface area (Å²) in [6.45, 7) is 5.78. The summed E-state index contributed by atoms with van der Waals surface area (Å²) in [5, 5.41) is 0. The maximum Gasteiger partial charge on any atom is 0.410 e. The van der Waals surface area contributed by atoms with E-state index < -0.39 is 29.6 Å². The van der Waals surface area contributed by atoms with Crippen molar-refractivity contribution in [2.45, 2.75) is 45.3 Å². The zero-order valence-corrected chi connectivity index (χ0v) is 16.6. The maximum atomic E-state index is 12.3. The van der Waals surface area contributed by atoms with E-state index in [1.54, 1.807) is 45.0 Å². The number of carbonyl (C=O) groups is 3. The molecule has 2 rings (SSSR count). The van der Waals surface area contributed by atoms with Crippen LogP contribution in [0.15, 0.2) is 24.3 Å². The molecule has 25 heavy (non-hydrogen) atoms. The van der Waals surface area contributed by atoms with Crippen molar-refractivity contribution in [3.05, 3.63) is 33.4 Å². The summed E-state index contributed by atoms with van der Waals surface area (Å²) in [6.07, 6.45) is 0.724. The average Bonchev–Trinajstić information content (AvgIpc) is 3.01. The predicted molar refractivity (Wildman–Crippen MR) is 101 cm³/mol. The van der Waals surface area contributed by atoms with Crippen molar-refractivity contribution in [3.8, 4) is 0 Å². The van der Waals surface area contributed by atoms with Crippen molar-refractivity contribution >= 4 is 40.5 Å². The molecule has 1 aromatic rings. The summed E-state index contributed by atoms with van der Waals surface area (Å²) >= 11 is 2.14. The van der Waals surface area contributed by atoms with Crippen LogP contribution < -0.4 is 10.9 Å². The zero-order valence-electron chi connectivity index (χ0n) is 14.5. The monoisotopic (exact) mass is 459 g/mol. The molecule has 0 spiro atoms. The number of rotatable bonds is 2. The van der Waals surface area contributed by atoms with Gasteiger partial charge in [-0.1, -0.05) is 0 Å². The maximum absolute atomic E-state index is 12.3. The minimum Gasteiger partial charge on any atom is -0.444 e. The molecular formula is C17H22IN3O4. The number of nitrogens with one attached hydrogen (secondary N) is 2. The number of nitrogens with zero attached hydrogens (tertiary/aromatic N) is 1. The molecule has 0 aliphatic carbocycles. The topological polar surface area (TPSA) is 87.7 Å². The Labute approximate surface area is 160 Å². The van der Waals surface area contributed by atoms with E-state index in [0.717, 1.165) is 3.57 Å². The van der Waals surface area contributed by atoms with E-state index in [9.17, 15) is 14.4 Å². The van der Waals surface area contributed by atoms with Gasteiger partial charge in [0.2, 0.25) is 0 Å². The summed E-state index contributed by atoms with van der Waals surface area (Å²) in [7, 11) is 0. The van der Waals surface area contributed by atoms with Gasteiger partial charge < -0.3 is 4.74 Å². The minimum atomic E-state index is -0.646. The van der Waals surface area contributed by atoms with Crippen molar-refractivity contribution in [2.24, 2.45) is 0 Å². The van der Waals surface area contributed by atoms with E-state index in [1.807, 2.05) is 0 Å². The van der Waals surface area contributed by atoms with Gasteiger partial charge in [-0.3, -0.25) is 25.3 Å². The van der Waals surface area contributed by atoms with Crippen molar-refractivity contribution in [1.29, 1.82) is 0 Å². The van der Waals surface area contributed by atoms with Gasteiger partial charge in [-0.25, -0.2) is 4.79 Å². The lowest BCUT2D eigenvalue weighted by Crippen LogP contribution is -2.52. The molecule has 1 aliphatic rings. The molecule has 0 aromatic heterocycles. The highest BCUT2D eigenvalue weighted by molar-refractivity contribution is 14.1. The van der Waals surface area contributed by atoms with E-state index in [2.05, 4.69) is 33.4 Å². The number of amides is 3. The molecule has 1 heterocycles. The first-order valence-electron chi connectivity index (χ1n) is 8.03. The fourth-order valence-corrected chi connectivity index (χ4v) is 2.81. The fourth-order valence-electron chi connectivity index (χ4n) is 2.45. The van der Waals surface area contributed by atoms with Crippen LogP contribution in [0.5, 0.6) is 0 Å². The molecule has 1 saturated heterocycles. The quantitative estimate of drug-likeness (QED) is 0.526. The van der Waals surface area contributed by atoms with Gasteiger partial charge in [0.05, 0.1) is 0 Å². The molecule has 0 unspecified atom stereocenters. The van der Waals surface area contributed by atoms with Crippen LogP contribution in [0.25, 0.3) is 0 Å². The predicted octanol–water partition coefficient (Wildman–Crippen LogP) is 2.45. The van der Waals surface area contributed by atoms with Gasteiger partial charge in [0.15, 0.2) is 0 Å². The average molecular weight is 459 g/mol. The van der Waals surface area contributed by atoms with Crippen LogP contribution in [-0.2, 0) is 9.53 Å².